The second-order valence-electron chi connectivity index (χ2n) is 7.20. The summed E-state index contributed by atoms with van der Waals surface area (Å²) in [4.78, 5) is 14.8. The molecule has 27 heavy (non-hydrogen) atoms. The normalized spacial score (nSPS) is 22.7. The summed E-state index contributed by atoms with van der Waals surface area (Å²) in [5, 5.41) is 0. The van der Waals surface area contributed by atoms with Gasteiger partial charge in [-0.15, -0.1) is 0 Å². The molecule has 2 aromatic carbocycles. The predicted molar refractivity (Wildman–Crippen MR) is 101 cm³/mol. The highest BCUT2D eigenvalue weighted by atomic mass is 19.1. The lowest BCUT2D eigenvalue weighted by atomic mass is 9.94. The minimum atomic E-state index is -0.535. The fourth-order valence-corrected chi connectivity index (χ4v) is 3.99. The van der Waals surface area contributed by atoms with Crippen LogP contribution in [0.2, 0.25) is 0 Å². The maximum absolute atomic E-state index is 13.4. The lowest BCUT2D eigenvalue weighted by Gasteiger charge is -2.33. The first-order valence-electron chi connectivity index (χ1n) is 9.15. The Morgan fingerprint density at radius 2 is 2.07 bits per heavy atom. The van der Waals surface area contributed by atoms with E-state index in [2.05, 4.69) is 11.0 Å². The summed E-state index contributed by atoms with van der Waals surface area (Å²) in [7, 11) is 1.65. The molecule has 140 valence electrons. The average molecular weight is 367 g/mol. The molecule has 0 spiro atoms. The second kappa shape index (κ2) is 7.06. The highest BCUT2D eigenvalue weighted by Gasteiger charge is 2.46. The Kier molecular flexibility index (Phi) is 4.60. The van der Waals surface area contributed by atoms with Crippen molar-refractivity contribution in [3.8, 4) is 5.75 Å². The monoisotopic (exact) mass is 367 g/mol. The Balaban J connectivity index is 1.55. The number of carbonyl (C=O) groups is 1. The lowest BCUT2D eigenvalue weighted by Crippen LogP contribution is -2.42. The number of carbonyl (C=O) groups excluding carboxylic acids is 1. The summed E-state index contributed by atoms with van der Waals surface area (Å²) in [5.74, 6) is -0.0798. The van der Waals surface area contributed by atoms with E-state index in [1.54, 1.807) is 13.2 Å². The van der Waals surface area contributed by atoms with E-state index in [-0.39, 0.29) is 5.56 Å². The van der Waals surface area contributed by atoms with Crippen molar-refractivity contribution < 1.29 is 18.7 Å². The smallest absolute Gasteiger partial charge is 0.338 e. The van der Waals surface area contributed by atoms with E-state index in [0.29, 0.717) is 13.0 Å². The summed E-state index contributed by atoms with van der Waals surface area (Å²) in [6.45, 7) is 1.64. The molecule has 2 fully saturated rings. The zero-order chi connectivity index (χ0) is 18.9. The molecule has 2 aliphatic heterocycles. The number of halogens is 1. The molecule has 2 heterocycles. The predicted octanol–water partition coefficient (Wildman–Crippen LogP) is 4.27. The first-order chi connectivity index (χ1) is 13.1. The molecule has 2 saturated heterocycles. The molecule has 0 saturated carbocycles. The van der Waals surface area contributed by atoms with Crippen LogP contribution in [0.25, 0.3) is 6.08 Å². The topological polar surface area (TPSA) is 38.8 Å². The van der Waals surface area contributed by atoms with E-state index in [1.807, 2.05) is 24.3 Å². The van der Waals surface area contributed by atoms with Crippen molar-refractivity contribution in [3.63, 3.8) is 0 Å². The lowest BCUT2D eigenvalue weighted by molar-refractivity contribution is -0.0270. The third-order valence-corrected chi connectivity index (χ3v) is 5.25. The van der Waals surface area contributed by atoms with Crippen molar-refractivity contribution >= 4 is 12.0 Å². The number of hydrogen-bond acceptors (Lipinski definition) is 4. The quantitative estimate of drug-likeness (QED) is 0.757. The molecule has 0 amide bonds. The summed E-state index contributed by atoms with van der Waals surface area (Å²) >= 11 is 0. The van der Waals surface area contributed by atoms with E-state index in [1.165, 1.54) is 18.2 Å². The molecule has 2 bridgehead atoms. The van der Waals surface area contributed by atoms with Crippen LogP contribution < -0.4 is 4.74 Å². The number of hydrogen-bond donors (Lipinski definition) is 0. The van der Waals surface area contributed by atoms with Gasteiger partial charge >= 0.3 is 5.97 Å². The molecule has 0 N–H and O–H groups in total. The number of rotatable bonds is 4. The van der Waals surface area contributed by atoms with Crippen LogP contribution in [0, 0.1) is 5.82 Å². The molecule has 0 aliphatic carbocycles. The van der Waals surface area contributed by atoms with Gasteiger partial charge in [0.25, 0.3) is 0 Å². The second-order valence-corrected chi connectivity index (χ2v) is 7.20. The van der Waals surface area contributed by atoms with Crippen LogP contribution in [0.15, 0.2) is 54.2 Å². The third-order valence-electron chi connectivity index (χ3n) is 5.25. The molecular formula is C22H22FNO3. The molecule has 0 radical (unpaired) electrons. The molecule has 4 rings (SSSR count). The van der Waals surface area contributed by atoms with Crippen molar-refractivity contribution in [2.45, 2.75) is 24.9 Å². The Morgan fingerprint density at radius 1 is 1.22 bits per heavy atom. The van der Waals surface area contributed by atoms with Crippen LogP contribution in [-0.2, 0) is 4.74 Å². The van der Waals surface area contributed by atoms with Crippen molar-refractivity contribution in [2.24, 2.45) is 0 Å². The average Bonchev–Trinajstić information content (AvgIpc) is 2.90. The van der Waals surface area contributed by atoms with Gasteiger partial charge in [-0.2, -0.15) is 0 Å². The number of nitrogens with zero attached hydrogens (tertiary/aromatic N) is 1. The standard InChI is InChI=1S/C22H22FNO3/c1-26-20-8-2-5-16(12-20)11-19-14-22(9-4-10-24(19)15-22)27-21(25)17-6-3-7-18(23)13-17/h2-3,5-8,11-13H,4,9-10,14-15H2,1H3/b19-11+. The van der Waals surface area contributed by atoms with Crippen LogP contribution in [0.3, 0.4) is 0 Å². The number of piperidine rings is 1. The van der Waals surface area contributed by atoms with Gasteiger partial charge in [0.15, 0.2) is 0 Å². The van der Waals surface area contributed by atoms with Gasteiger partial charge in [0.1, 0.15) is 17.2 Å². The SMILES string of the molecule is COc1cccc(/C=C2\CC3(OC(=O)c4cccc(F)c4)CCCN2C3)c1. The van der Waals surface area contributed by atoms with Gasteiger partial charge in [0, 0.05) is 18.7 Å². The Morgan fingerprint density at radius 3 is 2.89 bits per heavy atom. The molecule has 0 aromatic heterocycles. The Hall–Kier alpha value is -2.82. The van der Waals surface area contributed by atoms with Crippen LogP contribution in [-0.4, -0.2) is 36.7 Å². The Labute approximate surface area is 158 Å². The first-order valence-corrected chi connectivity index (χ1v) is 9.15. The van der Waals surface area contributed by atoms with E-state index >= 15 is 0 Å². The fourth-order valence-electron chi connectivity index (χ4n) is 3.99. The molecule has 5 heteroatoms. The van der Waals surface area contributed by atoms with E-state index in [4.69, 9.17) is 9.47 Å². The van der Waals surface area contributed by atoms with Crippen LogP contribution in [0.5, 0.6) is 5.75 Å². The van der Waals surface area contributed by atoms with Crippen molar-refractivity contribution in [3.05, 3.63) is 71.2 Å². The number of esters is 1. The number of fused-ring (bicyclic) bond motifs is 2. The largest absolute Gasteiger partial charge is 0.497 e. The summed E-state index contributed by atoms with van der Waals surface area (Å²) in [6.07, 6.45) is 4.59. The Bertz CT molecular complexity index is 895. The van der Waals surface area contributed by atoms with Gasteiger partial charge in [0.2, 0.25) is 0 Å². The summed E-state index contributed by atoms with van der Waals surface area (Å²) in [5.41, 5.74) is 1.94. The highest BCUT2D eigenvalue weighted by Crippen LogP contribution is 2.42. The first kappa shape index (κ1) is 17.6. The molecule has 2 aliphatic rings. The summed E-state index contributed by atoms with van der Waals surface area (Å²) < 4.78 is 24.6. The van der Waals surface area contributed by atoms with E-state index in [9.17, 15) is 9.18 Å². The van der Waals surface area contributed by atoms with Gasteiger partial charge in [-0.3, -0.25) is 0 Å². The number of ether oxygens (including phenoxy) is 2. The van der Waals surface area contributed by atoms with Crippen molar-refractivity contribution in [1.82, 2.24) is 4.90 Å². The zero-order valence-corrected chi connectivity index (χ0v) is 15.3. The molecule has 1 unspecified atom stereocenters. The molecule has 1 atom stereocenters. The van der Waals surface area contributed by atoms with Crippen LogP contribution in [0.4, 0.5) is 4.39 Å². The minimum Gasteiger partial charge on any atom is -0.497 e. The number of benzene rings is 2. The molecule has 4 nitrogen and oxygen atoms in total. The maximum atomic E-state index is 13.4. The fraction of sp³-hybridized carbons (Fsp3) is 0.318. The van der Waals surface area contributed by atoms with Gasteiger partial charge < -0.3 is 14.4 Å². The molecule has 2 aromatic rings. The van der Waals surface area contributed by atoms with Crippen molar-refractivity contribution in [2.75, 3.05) is 20.2 Å². The van der Waals surface area contributed by atoms with Crippen molar-refractivity contribution in [1.29, 1.82) is 0 Å². The molecular weight excluding hydrogens is 345 g/mol. The third kappa shape index (κ3) is 3.68. The number of methoxy groups -OCH3 is 1. The van der Waals surface area contributed by atoms with Crippen LogP contribution >= 0.6 is 0 Å². The highest BCUT2D eigenvalue weighted by molar-refractivity contribution is 5.89. The van der Waals surface area contributed by atoms with E-state index < -0.39 is 17.4 Å². The van der Waals surface area contributed by atoms with E-state index in [0.717, 1.165) is 36.4 Å². The minimum absolute atomic E-state index is 0.256. The van der Waals surface area contributed by atoms with Gasteiger partial charge in [0.05, 0.1) is 19.2 Å². The van der Waals surface area contributed by atoms with Gasteiger partial charge in [-0.05, 0) is 54.8 Å². The van der Waals surface area contributed by atoms with Gasteiger partial charge in [-0.1, -0.05) is 18.2 Å². The van der Waals surface area contributed by atoms with Crippen LogP contribution in [0.1, 0.15) is 35.2 Å². The zero-order valence-electron chi connectivity index (χ0n) is 15.3. The summed E-state index contributed by atoms with van der Waals surface area (Å²) in [6, 6.07) is 13.6. The van der Waals surface area contributed by atoms with Gasteiger partial charge in [-0.25, -0.2) is 9.18 Å². The maximum Gasteiger partial charge on any atom is 0.338 e.